The predicted molar refractivity (Wildman–Crippen MR) is 84.9 cm³/mol. The minimum absolute atomic E-state index is 0.291. The average molecular weight is 300 g/mol. The van der Waals surface area contributed by atoms with Crippen LogP contribution < -0.4 is 5.32 Å². The summed E-state index contributed by atoms with van der Waals surface area (Å²) in [6, 6.07) is 6.96. The summed E-state index contributed by atoms with van der Waals surface area (Å²) in [7, 11) is 0. The highest BCUT2D eigenvalue weighted by atomic mass is 32.1. The summed E-state index contributed by atoms with van der Waals surface area (Å²) >= 11 is 1.68. The quantitative estimate of drug-likeness (QED) is 0.890. The van der Waals surface area contributed by atoms with Gasteiger partial charge in [-0.1, -0.05) is 6.07 Å². The van der Waals surface area contributed by atoms with Crippen molar-refractivity contribution in [3.05, 3.63) is 29.9 Å². The molecule has 110 valence electrons. The van der Waals surface area contributed by atoms with Crippen LogP contribution in [-0.4, -0.2) is 21.1 Å². The molecule has 0 aromatic carbocycles. The molecular formula is C16H20N4S. The van der Waals surface area contributed by atoms with Crippen molar-refractivity contribution in [3.63, 3.8) is 0 Å². The highest BCUT2D eigenvalue weighted by Crippen LogP contribution is 2.41. The molecule has 1 fully saturated rings. The van der Waals surface area contributed by atoms with Crippen LogP contribution >= 0.6 is 11.3 Å². The van der Waals surface area contributed by atoms with Crippen molar-refractivity contribution in [3.8, 4) is 16.8 Å². The monoisotopic (exact) mass is 300 g/mol. The minimum atomic E-state index is -0.485. The lowest BCUT2D eigenvalue weighted by Crippen LogP contribution is -2.52. The van der Waals surface area contributed by atoms with Crippen molar-refractivity contribution in [1.82, 2.24) is 14.9 Å². The van der Waals surface area contributed by atoms with E-state index < -0.39 is 5.54 Å². The van der Waals surface area contributed by atoms with E-state index in [1.807, 2.05) is 18.5 Å². The number of nitriles is 1. The largest absolute Gasteiger partial charge is 0.327 e. The van der Waals surface area contributed by atoms with Gasteiger partial charge in [-0.15, -0.1) is 11.3 Å². The van der Waals surface area contributed by atoms with E-state index in [0.29, 0.717) is 18.5 Å². The van der Waals surface area contributed by atoms with Gasteiger partial charge in [0.2, 0.25) is 0 Å². The van der Waals surface area contributed by atoms with Gasteiger partial charge in [0.1, 0.15) is 11.4 Å². The number of rotatable bonds is 6. The van der Waals surface area contributed by atoms with Gasteiger partial charge in [0.25, 0.3) is 0 Å². The van der Waals surface area contributed by atoms with Crippen molar-refractivity contribution < 1.29 is 0 Å². The molecule has 1 aliphatic carbocycles. The molecule has 1 atom stereocenters. The Morgan fingerprint density at radius 3 is 2.95 bits per heavy atom. The van der Waals surface area contributed by atoms with Crippen LogP contribution in [0.3, 0.4) is 0 Å². The van der Waals surface area contributed by atoms with Crippen LogP contribution in [0.2, 0.25) is 0 Å². The Morgan fingerprint density at radius 2 is 2.38 bits per heavy atom. The Bertz CT molecular complexity index is 634. The molecule has 2 heterocycles. The third-order valence-corrected chi connectivity index (χ3v) is 4.76. The molecule has 1 N–H and O–H groups in total. The number of aromatic nitrogens is 2. The summed E-state index contributed by atoms with van der Waals surface area (Å²) in [6.07, 6.45) is 6.07. The topological polar surface area (TPSA) is 53.6 Å². The first-order valence-electron chi connectivity index (χ1n) is 7.38. The van der Waals surface area contributed by atoms with Crippen molar-refractivity contribution in [2.24, 2.45) is 5.92 Å². The van der Waals surface area contributed by atoms with Gasteiger partial charge >= 0.3 is 0 Å². The summed E-state index contributed by atoms with van der Waals surface area (Å²) in [6.45, 7) is 4.85. The highest BCUT2D eigenvalue weighted by Gasteiger charge is 2.46. The van der Waals surface area contributed by atoms with Gasteiger partial charge in [0.15, 0.2) is 0 Å². The van der Waals surface area contributed by atoms with E-state index in [4.69, 9.17) is 0 Å². The normalized spacial score (nSPS) is 17.6. The van der Waals surface area contributed by atoms with Gasteiger partial charge in [-0.05, 0) is 44.1 Å². The third-order valence-electron chi connectivity index (χ3n) is 3.90. The number of hydrogen-bond donors (Lipinski definition) is 1. The van der Waals surface area contributed by atoms with Crippen LogP contribution in [0.4, 0.5) is 0 Å². The second-order valence-corrected chi connectivity index (χ2v) is 6.96. The zero-order valence-electron chi connectivity index (χ0n) is 12.4. The van der Waals surface area contributed by atoms with Crippen LogP contribution in [-0.2, 0) is 6.54 Å². The first-order valence-corrected chi connectivity index (χ1v) is 8.26. The van der Waals surface area contributed by atoms with Crippen molar-refractivity contribution >= 4 is 11.3 Å². The lowest BCUT2D eigenvalue weighted by Gasteiger charge is -2.31. The minimum Gasteiger partial charge on any atom is -0.327 e. The molecule has 21 heavy (non-hydrogen) atoms. The van der Waals surface area contributed by atoms with Crippen molar-refractivity contribution in [2.45, 2.75) is 44.8 Å². The van der Waals surface area contributed by atoms with Crippen LogP contribution in [0, 0.1) is 17.2 Å². The fourth-order valence-electron chi connectivity index (χ4n) is 2.88. The first kappa shape index (κ1) is 14.3. The van der Waals surface area contributed by atoms with Gasteiger partial charge in [0.05, 0.1) is 17.5 Å². The standard InChI is InChI=1S/C16H20N4S/c1-12(2)19-16(10-17,13-5-6-13)11-20-8-7-18-15(20)14-4-3-9-21-14/h3-4,7-9,12-13,19H,5-6,11H2,1-2H3. The molecule has 0 saturated heterocycles. The molecule has 0 bridgehead atoms. The fourth-order valence-corrected chi connectivity index (χ4v) is 3.62. The van der Waals surface area contributed by atoms with Crippen LogP contribution in [0.15, 0.2) is 29.9 Å². The number of imidazole rings is 1. The number of nitrogens with one attached hydrogen (secondary N) is 1. The molecule has 0 spiro atoms. The first-order chi connectivity index (χ1) is 10.1. The Balaban J connectivity index is 1.91. The second kappa shape index (κ2) is 5.63. The molecule has 1 aliphatic rings. The Morgan fingerprint density at radius 1 is 1.57 bits per heavy atom. The molecule has 0 aliphatic heterocycles. The maximum absolute atomic E-state index is 9.81. The van der Waals surface area contributed by atoms with E-state index in [9.17, 15) is 5.26 Å². The van der Waals surface area contributed by atoms with E-state index >= 15 is 0 Å². The van der Waals surface area contributed by atoms with Crippen LogP contribution in [0.5, 0.6) is 0 Å². The van der Waals surface area contributed by atoms with Gasteiger partial charge < -0.3 is 4.57 Å². The summed E-state index contributed by atoms with van der Waals surface area (Å²) in [5.41, 5.74) is -0.485. The Kier molecular flexibility index (Phi) is 3.83. The molecule has 1 unspecified atom stereocenters. The molecule has 0 radical (unpaired) electrons. The molecular weight excluding hydrogens is 280 g/mol. The summed E-state index contributed by atoms with van der Waals surface area (Å²) in [4.78, 5) is 5.62. The molecule has 1 saturated carbocycles. The maximum Gasteiger partial charge on any atom is 0.150 e. The molecule has 4 nitrogen and oxygen atoms in total. The zero-order chi connectivity index (χ0) is 14.9. The SMILES string of the molecule is CC(C)NC(C#N)(Cn1ccnc1-c1cccs1)C1CC1. The highest BCUT2D eigenvalue weighted by molar-refractivity contribution is 7.13. The molecule has 2 aromatic heterocycles. The fraction of sp³-hybridized carbons (Fsp3) is 0.500. The van der Waals surface area contributed by atoms with Crippen molar-refractivity contribution in [1.29, 1.82) is 5.26 Å². The van der Waals surface area contributed by atoms with Crippen LogP contribution in [0.1, 0.15) is 26.7 Å². The predicted octanol–water partition coefficient (Wildman–Crippen LogP) is 3.28. The van der Waals surface area contributed by atoms with E-state index in [1.165, 1.54) is 0 Å². The van der Waals surface area contributed by atoms with Gasteiger partial charge in [-0.2, -0.15) is 5.26 Å². The average Bonchev–Trinajstić information content (AvgIpc) is 2.99. The van der Waals surface area contributed by atoms with Crippen LogP contribution in [0.25, 0.3) is 10.7 Å². The van der Waals surface area contributed by atoms with Gasteiger partial charge in [0, 0.05) is 18.4 Å². The smallest absolute Gasteiger partial charge is 0.150 e. The van der Waals surface area contributed by atoms with E-state index in [1.54, 1.807) is 11.3 Å². The summed E-state index contributed by atoms with van der Waals surface area (Å²) in [5.74, 6) is 1.40. The lowest BCUT2D eigenvalue weighted by atomic mass is 9.93. The number of hydrogen-bond acceptors (Lipinski definition) is 4. The van der Waals surface area contributed by atoms with E-state index in [-0.39, 0.29) is 0 Å². The number of nitrogens with zero attached hydrogens (tertiary/aromatic N) is 3. The summed E-state index contributed by atoms with van der Waals surface area (Å²) in [5, 5.41) is 15.4. The molecule has 3 rings (SSSR count). The Labute approximate surface area is 129 Å². The molecule has 0 amide bonds. The maximum atomic E-state index is 9.81. The van der Waals surface area contributed by atoms with Crippen molar-refractivity contribution in [2.75, 3.05) is 0 Å². The molecule has 2 aromatic rings. The molecule has 5 heteroatoms. The van der Waals surface area contributed by atoms with E-state index in [2.05, 4.69) is 46.2 Å². The van der Waals surface area contributed by atoms with Gasteiger partial charge in [-0.25, -0.2) is 4.98 Å². The lowest BCUT2D eigenvalue weighted by molar-refractivity contribution is 0.296. The second-order valence-electron chi connectivity index (χ2n) is 6.01. The zero-order valence-corrected chi connectivity index (χ0v) is 13.2. The third kappa shape index (κ3) is 2.87. The van der Waals surface area contributed by atoms with Gasteiger partial charge in [-0.3, -0.25) is 5.32 Å². The van der Waals surface area contributed by atoms with E-state index in [0.717, 1.165) is 23.5 Å². The number of thiophene rings is 1. The Hall–Kier alpha value is -1.64. The summed E-state index contributed by atoms with van der Waals surface area (Å²) < 4.78 is 2.11.